The molecule has 0 aliphatic heterocycles. The fourth-order valence-electron chi connectivity index (χ4n) is 2.34. The van der Waals surface area contributed by atoms with Gasteiger partial charge >= 0.3 is 0 Å². The lowest BCUT2D eigenvalue weighted by Gasteiger charge is -2.10. The van der Waals surface area contributed by atoms with Gasteiger partial charge in [0.1, 0.15) is 0 Å². The lowest BCUT2D eigenvalue weighted by molar-refractivity contribution is 0.0948. The van der Waals surface area contributed by atoms with Crippen molar-refractivity contribution in [2.75, 3.05) is 26.1 Å². The maximum Gasteiger partial charge on any atom is 0.273 e. The number of benzene rings is 1. The van der Waals surface area contributed by atoms with Gasteiger partial charge in [0.25, 0.3) is 11.8 Å². The molecule has 0 saturated carbocycles. The van der Waals surface area contributed by atoms with E-state index in [9.17, 15) is 9.59 Å². The number of aryl methyl sites for hydroxylation is 1. The predicted octanol–water partition coefficient (Wildman–Crippen LogP) is 2.31. The topological polar surface area (TPSA) is 94.5 Å². The van der Waals surface area contributed by atoms with Gasteiger partial charge in [-0.25, -0.2) is 0 Å². The fourth-order valence-corrected chi connectivity index (χ4v) is 2.34. The Labute approximate surface area is 152 Å². The summed E-state index contributed by atoms with van der Waals surface area (Å²) in [5, 5.41) is 9.75. The first-order valence-corrected chi connectivity index (χ1v) is 8.43. The Morgan fingerprint density at radius 2 is 1.85 bits per heavy atom. The Kier molecular flexibility index (Phi) is 6.60. The van der Waals surface area contributed by atoms with Crippen LogP contribution in [0.5, 0.6) is 11.5 Å². The number of anilines is 1. The molecule has 2 aromatic rings. The van der Waals surface area contributed by atoms with Crippen molar-refractivity contribution in [3.8, 4) is 11.5 Å². The number of hydrogen-bond acceptors (Lipinski definition) is 5. The molecule has 0 spiro atoms. The molecule has 0 saturated heterocycles. The molecule has 0 aliphatic rings. The maximum absolute atomic E-state index is 12.6. The van der Waals surface area contributed by atoms with E-state index in [2.05, 4.69) is 15.7 Å². The van der Waals surface area contributed by atoms with Crippen LogP contribution in [0.3, 0.4) is 0 Å². The zero-order valence-corrected chi connectivity index (χ0v) is 15.5. The number of methoxy groups -OCH3 is 2. The molecule has 8 heteroatoms. The molecule has 1 heterocycles. The van der Waals surface area contributed by atoms with Crippen molar-refractivity contribution < 1.29 is 19.1 Å². The number of nitrogens with one attached hydrogen (secondary N) is 2. The van der Waals surface area contributed by atoms with Crippen molar-refractivity contribution in [3.63, 3.8) is 0 Å². The summed E-state index contributed by atoms with van der Waals surface area (Å²) in [6.45, 7) is 4.99. The molecule has 0 unspecified atom stereocenters. The Balaban J connectivity index is 2.25. The van der Waals surface area contributed by atoms with Crippen molar-refractivity contribution in [3.05, 3.63) is 35.7 Å². The van der Waals surface area contributed by atoms with Crippen LogP contribution in [0.4, 0.5) is 5.69 Å². The highest BCUT2D eigenvalue weighted by atomic mass is 16.5. The zero-order valence-electron chi connectivity index (χ0n) is 15.5. The highest BCUT2D eigenvalue weighted by Crippen LogP contribution is 2.28. The van der Waals surface area contributed by atoms with Crippen LogP contribution >= 0.6 is 0 Å². The molecule has 140 valence electrons. The molecule has 0 aliphatic carbocycles. The summed E-state index contributed by atoms with van der Waals surface area (Å²) in [4.78, 5) is 24.9. The molecule has 1 aromatic heterocycles. The summed E-state index contributed by atoms with van der Waals surface area (Å²) in [5.41, 5.74) is 0.932. The van der Waals surface area contributed by atoms with Crippen LogP contribution in [-0.4, -0.2) is 42.4 Å². The van der Waals surface area contributed by atoms with Crippen LogP contribution in [0.25, 0.3) is 0 Å². The largest absolute Gasteiger partial charge is 0.493 e. The molecule has 2 amide bonds. The Morgan fingerprint density at radius 1 is 1.12 bits per heavy atom. The van der Waals surface area contributed by atoms with Crippen LogP contribution in [-0.2, 0) is 6.54 Å². The van der Waals surface area contributed by atoms with E-state index < -0.39 is 0 Å². The maximum atomic E-state index is 12.6. The average Bonchev–Trinajstić information content (AvgIpc) is 3.08. The minimum Gasteiger partial charge on any atom is -0.493 e. The third-order valence-corrected chi connectivity index (χ3v) is 3.73. The van der Waals surface area contributed by atoms with E-state index in [-0.39, 0.29) is 17.5 Å². The third-order valence-electron chi connectivity index (χ3n) is 3.73. The fraction of sp³-hybridized carbons (Fsp3) is 0.389. The summed E-state index contributed by atoms with van der Waals surface area (Å²) in [6, 6.07) is 4.85. The monoisotopic (exact) mass is 360 g/mol. The number of amides is 2. The van der Waals surface area contributed by atoms with Crippen molar-refractivity contribution >= 4 is 17.5 Å². The van der Waals surface area contributed by atoms with E-state index in [0.29, 0.717) is 35.8 Å². The minimum absolute atomic E-state index is 0.189. The SMILES string of the molecule is CCCNC(=O)c1nn(CC)cc1NC(=O)c1ccc(OC)c(OC)c1. The first kappa shape index (κ1) is 19.3. The van der Waals surface area contributed by atoms with Gasteiger partial charge in [0, 0.05) is 24.8 Å². The quantitative estimate of drug-likeness (QED) is 0.753. The van der Waals surface area contributed by atoms with Crippen molar-refractivity contribution in [1.29, 1.82) is 0 Å². The van der Waals surface area contributed by atoms with Crippen LogP contribution < -0.4 is 20.1 Å². The molecule has 26 heavy (non-hydrogen) atoms. The predicted molar refractivity (Wildman–Crippen MR) is 98.0 cm³/mol. The lowest BCUT2D eigenvalue weighted by Crippen LogP contribution is -2.26. The standard InChI is InChI=1S/C18H24N4O4/c1-5-9-19-18(24)16-13(11-22(6-2)21-16)20-17(23)12-7-8-14(25-3)15(10-12)26-4/h7-8,10-11H,5-6,9H2,1-4H3,(H,19,24)(H,20,23). The van der Waals surface area contributed by atoms with Gasteiger partial charge in [0.2, 0.25) is 0 Å². The van der Waals surface area contributed by atoms with Gasteiger partial charge in [-0.05, 0) is 31.5 Å². The van der Waals surface area contributed by atoms with Crippen LogP contribution in [0.1, 0.15) is 41.1 Å². The summed E-state index contributed by atoms with van der Waals surface area (Å²) in [5.74, 6) is 0.292. The van der Waals surface area contributed by atoms with E-state index in [0.717, 1.165) is 6.42 Å². The number of ether oxygens (including phenoxy) is 2. The van der Waals surface area contributed by atoms with Gasteiger partial charge < -0.3 is 20.1 Å². The Morgan fingerprint density at radius 3 is 2.46 bits per heavy atom. The van der Waals surface area contributed by atoms with Gasteiger partial charge in [-0.3, -0.25) is 14.3 Å². The Bertz CT molecular complexity index is 785. The summed E-state index contributed by atoms with van der Waals surface area (Å²) in [7, 11) is 3.03. The van der Waals surface area contributed by atoms with E-state index in [1.807, 2.05) is 13.8 Å². The van der Waals surface area contributed by atoms with E-state index in [1.54, 1.807) is 29.1 Å². The Hall–Kier alpha value is -3.03. The first-order chi connectivity index (χ1) is 12.5. The summed E-state index contributed by atoms with van der Waals surface area (Å²) in [6.07, 6.45) is 2.45. The number of carbonyl (C=O) groups excluding carboxylic acids is 2. The van der Waals surface area contributed by atoms with Crippen LogP contribution in [0, 0.1) is 0 Å². The third kappa shape index (κ3) is 4.33. The number of hydrogen-bond donors (Lipinski definition) is 2. The molecule has 0 fully saturated rings. The molecule has 8 nitrogen and oxygen atoms in total. The van der Waals surface area contributed by atoms with Gasteiger partial charge in [0.15, 0.2) is 17.2 Å². The molecule has 0 atom stereocenters. The van der Waals surface area contributed by atoms with E-state index in [1.165, 1.54) is 14.2 Å². The molecular weight excluding hydrogens is 336 g/mol. The summed E-state index contributed by atoms with van der Waals surface area (Å²) < 4.78 is 12.0. The van der Waals surface area contributed by atoms with Crippen molar-refractivity contribution in [2.24, 2.45) is 0 Å². The van der Waals surface area contributed by atoms with E-state index >= 15 is 0 Å². The van der Waals surface area contributed by atoms with E-state index in [4.69, 9.17) is 9.47 Å². The second kappa shape index (κ2) is 8.89. The normalized spacial score (nSPS) is 10.3. The number of aromatic nitrogens is 2. The van der Waals surface area contributed by atoms with Gasteiger partial charge in [-0.1, -0.05) is 6.92 Å². The molecule has 2 N–H and O–H groups in total. The zero-order chi connectivity index (χ0) is 19.1. The van der Waals surface area contributed by atoms with Crippen molar-refractivity contribution in [2.45, 2.75) is 26.8 Å². The second-order valence-corrected chi connectivity index (χ2v) is 5.53. The molecule has 2 rings (SSSR count). The number of nitrogens with zero attached hydrogens (tertiary/aromatic N) is 2. The van der Waals surface area contributed by atoms with Crippen LogP contribution in [0.15, 0.2) is 24.4 Å². The average molecular weight is 360 g/mol. The highest BCUT2D eigenvalue weighted by molar-refractivity contribution is 6.08. The lowest BCUT2D eigenvalue weighted by atomic mass is 10.2. The van der Waals surface area contributed by atoms with Gasteiger partial charge in [0.05, 0.1) is 19.9 Å². The minimum atomic E-state index is -0.369. The summed E-state index contributed by atoms with van der Waals surface area (Å²) >= 11 is 0. The molecule has 0 radical (unpaired) electrons. The number of carbonyl (C=O) groups is 2. The first-order valence-electron chi connectivity index (χ1n) is 8.43. The molecule has 1 aromatic carbocycles. The van der Waals surface area contributed by atoms with Gasteiger partial charge in [-0.15, -0.1) is 0 Å². The highest BCUT2D eigenvalue weighted by Gasteiger charge is 2.19. The smallest absolute Gasteiger partial charge is 0.273 e. The molecular formula is C18H24N4O4. The second-order valence-electron chi connectivity index (χ2n) is 5.53. The number of rotatable bonds is 8. The van der Waals surface area contributed by atoms with Crippen molar-refractivity contribution in [1.82, 2.24) is 15.1 Å². The molecule has 0 bridgehead atoms. The van der Waals surface area contributed by atoms with Crippen LogP contribution in [0.2, 0.25) is 0 Å². The van der Waals surface area contributed by atoms with Gasteiger partial charge in [-0.2, -0.15) is 5.10 Å².